The van der Waals surface area contributed by atoms with E-state index >= 15 is 0 Å². The first-order valence-corrected chi connectivity index (χ1v) is 7.42. The van der Waals surface area contributed by atoms with Gasteiger partial charge in [0.2, 0.25) is 0 Å². The highest BCUT2D eigenvalue weighted by Gasteiger charge is 2.15. The molecule has 0 aliphatic heterocycles. The van der Waals surface area contributed by atoms with Gasteiger partial charge in [0.15, 0.2) is 0 Å². The number of nitrogens with one attached hydrogen (secondary N) is 1. The van der Waals surface area contributed by atoms with Gasteiger partial charge in [0.1, 0.15) is 5.82 Å². The Kier molecular flexibility index (Phi) is 5.09. The van der Waals surface area contributed by atoms with Crippen molar-refractivity contribution in [1.82, 2.24) is 19.8 Å². The zero-order valence-electron chi connectivity index (χ0n) is 13.3. The van der Waals surface area contributed by atoms with Crippen LogP contribution in [0.4, 0.5) is 0 Å². The summed E-state index contributed by atoms with van der Waals surface area (Å²) in [4.78, 5) is 19.4. The smallest absolute Gasteiger partial charge is 0.261 e. The van der Waals surface area contributed by atoms with Gasteiger partial charge in [0.25, 0.3) is 5.56 Å². The van der Waals surface area contributed by atoms with Gasteiger partial charge in [0.05, 0.1) is 16.9 Å². The van der Waals surface area contributed by atoms with Crippen LogP contribution < -0.4 is 10.9 Å². The molecule has 1 heterocycles. The third-order valence-electron chi connectivity index (χ3n) is 3.60. The molecule has 5 heteroatoms. The summed E-state index contributed by atoms with van der Waals surface area (Å²) in [6.45, 7) is 6.48. The number of likely N-dealkylation sites (N-methyl/N-ethyl adjacent to an activating group) is 1. The van der Waals surface area contributed by atoms with E-state index in [-0.39, 0.29) is 11.6 Å². The molecule has 0 spiro atoms. The summed E-state index contributed by atoms with van der Waals surface area (Å²) in [7, 11) is 4.09. The first-order chi connectivity index (χ1) is 10.0. The van der Waals surface area contributed by atoms with Crippen LogP contribution in [0.1, 0.15) is 25.7 Å². The van der Waals surface area contributed by atoms with Crippen molar-refractivity contribution in [3.05, 3.63) is 40.4 Å². The SMILES string of the molecule is CCn1c([C@H](C)NCCN(C)C)nc2ccccc2c1=O. The highest BCUT2D eigenvalue weighted by molar-refractivity contribution is 5.77. The predicted octanol–water partition coefficient (Wildman–Crippen LogP) is 1.63. The molecule has 1 aromatic heterocycles. The van der Waals surface area contributed by atoms with Crippen molar-refractivity contribution in [3.8, 4) is 0 Å². The molecule has 0 unspecified atom stereocenters. The molecular weight excluding hydrogens is 264 g/mol. The molecule has 114 valence electrons. The van der Waals surface area contributed by atoms with Crippen LogP contribution in [0.2, 0.25) is 0 Å². The maximum Gasteiger partial charge on any atom is 0.261 e. The van der Waals surface area contributed by atoms with Gasteiger partial charge in [-0.1, -0.05) is 12.1 Å². The Bertz CT molecular complexity index is 663. The molecule has 0 fully saturated rings. The molecule has 0 aliphatic rings. The Hall–Kier alpha value is -1.72. The summed E-state index contributed by atoms with van der Waals surface area (Å²) in [5.41, 5.74) is 0.808. The van der Waals surface area contributed by atoms with Crippen LogP contribution in [0, 0.1) is 0 Å². The van der Waals surface area contributed by atoms with Crippen molar-refractivity contribution in [1.29, 1.82) is 0 Å². The van der Waals surface area contributed by atoms with Gasteiger partial charge >= 0.3 is 0 Å². The number of benzene rings is 1. The van der Waals surface area contributed by atoms with E-state index in [1.54, 1.807) is 4.57 Å². The van der Waals surface area contributed by atoms with Crippen molar-refractivity contribution in [2.24, 2.45) is 0 Å². The number of fused-ring (bicyclic) bond motifs is 1. The Morgan fingerprint density at radius 2 is 2.05 bits per heavy atom. The predicted molar refractivity (Wildman–Crippen MR) is 86.6 cm³/mol. The fourth-order valence-corrected chi connectivity index (χ4v) is 2.42. The van der Waals surface area contributed by atoms with Gasteiger partial charge in [-0.3, -0.25) is 9.36 Å². The second-order valence-electron chi connectivity index (χ2n) is 5.52. The Balaban J connectivity index is 2.36. The second kappa shape index (κ2) is 6.83. The fourth-order valence-electron chi connectivity index (χ4n) is 2.42. The molecule has 1 atom stereocenters. The largest absolute Gasteiger partial charge is 0.308 e. The third kappa shape index (κ3) is 3.49. The fraction of sp³-hybridized carbons (Fsp3) is 0.500. The highest BCUT2D eigenvalue weighted by Crippen LogP contribution is 2.13. The molecule has 2 rings (SSSR count). The number of rotatable bonds is 6. The maximum absolute atomic E-state index is 12.6. The van der Waals surface area contributed by atoms with E-state index in [0.29, 0.717) is 11.9 Å². The molecule has 0 bridgehead atoms. The molecule has 0 amide bonds. The summed E-state index contributed by atoms with van der Waals surface area (Å²) < 4.78 is 1.76. The molecule has 0 saturated carbocycles. The Labute approximate surface area is 125 Å². The molecule has 1 N–H and O–H groups in total. The van der Waals surface area contributed by atoms with E-state index in [0.717, 1.165) is 24.4 Å². The van der Waals surface area contributed by atoms with Crippen LogP contribution in [0.3, 0.4) is 0 Å². The molecule has 5 nitrogen and oxygen atoms in total. The van der Waals surface area contributed by atoms with E-state index in [1.807, 2.05) is 45.3 Å². The summed E-state index contributed by atoms with van der Waals surface area (Å²) in [5.74, 6) is 0.806. The highest BCUT2D eigenvalue weighted by atomic mass is 16.1. The van der Waals surface area contributed by atoms with Crippen LogP contribution in [-0.4, -0.2) is 41.6 Å². The molecule has 0 radical (unpaired) electrons. The summed E-state index contributed by atoms with van der Waals surface area (Å²) >= 11 is 0. The van der Waals surface area contributed by atoms with Crippen LogP contribution >= 0.6 is 0 Å². The molecule has 0 saturated heterocycles. The molecule has 1 aromatic carbocycles. The van der Waals surface area contributed by atoms with Crippen molar-refractivity contribution in [3.63, 3.8) is 0 Å². The van der Waals surface area contributed by atoms with Crippen LogP contribution in [0.25, 0.3) is 10.9 Å². The van der Waals surface area contributed by atoms with Gasteiger partial charge in [-0.25, -0.2) is 4.98 Å². The van der Waals surface area contributed by atoms with E-state index in [9.17, 15) is 4.79 Å². The van der Waals surface area contributed by atoms with Gasteiger partial charge in [0, 0.05) is 19.6 Å². The standard InChI is InChI=1S/C16H24N4O/c1-5-20-15(12(2)17-10-11-19(3)4)18-14-9-7-6-8-13(14)16(20)21/h6-9,12,17H,5,10-11H2,1-4H3/t12-/m0/s1. The summed E-state index contributed by atoms with van der Waals surface area (Å²) in [6.07, 6.45) is 0. The van der Waals surface area contributed by atoms with Crippen molar-refractivity contribution in [2.45, 2.75) is 26.4 Å². The van der Waals surface area contributed by atoms with Crippen molar-refractivity contribution >= 4 is 10.9 Å². The molecule has 0 aliphatic carbocycles. The normalized spacial score (nSPS) is 13.0. The van der Waals surface area contributed by atoms with Crippen molar-refractivity contribution < 1.29 is 0 Å². The molecule has 2 aromatic rings. The first kappa shape index (κ1) is 15.7. The lowest BCUT2D eigenvalue weighted by Crippen LogP contribution is -2.33. The van der Waals surface area contributed by atoms with Crippen LogP contribution in [0.15, 0.2) is 29.1 Å². The maximum atomic E-state index is 12.6. The Morgan fingerprint density at radius 3 is 2.71 bits per heavy atom. The third-order valence-corrected chi connectivity index (χ3v) is 3.60. The lowest BCUT2D eigenvalue weighted by molar-refractivity contribution is 0.383. The number of aromatic nitrogens is 2. The van der Waals surface area contributed by atoms with Gasteiger partial charge in [-0.05, 0) is 40.1 Å². The average molecular weight is 288 g/mol. The van der Waals surface area contributed by atoms with Crippen LogP contribution in [0.5, 0.6) is 0 Å². The Morgan fingerprint density at radius 1 is 1.33 bits per heavy atom. The quantitative estimate of drug-likeness (QED) is 0.878. The van der Waals surface area contributed by atoms with E-state index in [2.05, 4.69) is 17.1 Å². The van der Waals surface area contributed by atoms with Gasteiger partial charge in [-0.15, -0.1) is 0 Å². The minimum absolute atomic E-state index is 0.0411. The van der Waals surface area contributed by atoms with E-state index < -0.39 is 0 Å². The average Bonchev–Trinajstić information content (AvgIpc) is 2.46. The number of hydrogen-bond donors (Lipinski definition) is 1. The van der Waals surface area contributed by atoms with E-state index in [4.69, 9.17) is 4.98 Å². The lowest BCUT2D eigenvalue weighted by Gasteiger charge is -2.19. The zero-order valence-corrected chi connectivity index (χ0v) is 13.3. The first-order valence-electron chi connectivity index (χ1n) is 7.42. The van der Waals surface area contributed by atoms with Gasteiger partial charge in [-0.2, -0.15) is 0 Å². The summed E-state index contributed by atoms with van der Waals surface area (Å²) in [5, 5.41) is 4.12. The monoisotopic (exact) mass is 288 g/mol. The molecular formula is C16H24N4O. The molecule has 21 heavy (non-hydrogen) atoms. The topological polar surface area (TPSA) is 50.2 Å². The minimum atomic E-state index is 0.0411. The number of para-hydroxylation sites is 1. The van der Waals surface area contributed by atoms with E-state index in [1.165, 1.54) is 0 Å². The van der Waals surface area contributed by atoms with Crippen molar-refractivity contribution in [2.75, 3.05) is 27.2 Å². The summed E-state index contributed by atoms with van der Waals surface area (Å²) in [6, 6.07) is 7.57. The minimum Gasteiger partial charge on any atom is -0.308 e. The zero-order chi connectivity index (χ0) is 15.4. The van der Waals surface area contributed by atoms with Gasteiger partial charge < -0.3 is 10.2 Å². The second-order valence-corrected chi connectivity index (χ2v) is 5.52. The number of nitrogens with zero attached hydrogens (tertiary/aromatic N) is 3. The number of hydrogen-bond acceptors (Lipinski definition) is 4. The lowest BCUT2D eigenvalue weighted by atomic mass is 10.2. The van der Waals surface area contributed by atoms with Crippen LogP contribution in [-0.2, 0) is 6.54 Å².